The van der Waals surface area contributed by atoms with E-state index in [0.29, 0.717) is 18.0 Å². The summed E-state index contributed by atoms with van der Waals surface area (Å²) in [6, 6.07) is 0. The molecular formula is C17H24ClN3O. The predicted octanol–water partition coefficient (Wildman–Crippen LogP) is 3.32. The Balaban J connectivity index is 1.36. The Bertz CT molecular complexity index is 540. The van der Waals surface area contributed by atoms with Gasteiger partial charge in [-0.05, 0) is 63.2 Å². The molecule has 4 bridgehead atoms. The van der Waals surface area contributed by atoms with Gasteiger partial charge in [-0.1, -0.05) is 11.6 Å². The molecular weight excluding hydrogens is 298 g/mol. The fraction of sp³-hybridized carbons (Fsp3) is 0.765. The second-order valence-electron chi connectivity index (χ2n) is 7.82. The van der Waals surface area contributed by atoms with Crippen LogP contribution in [0, 0.1) is 24.7 Å². The Morgan fingerprint density at radius 3 is 2.41 bits per heavy atom. The van der Waals surface area contributed by atoms with Crippen molar-refractivity contribution in [1.82, 2.24) is 15.1 Å². The number of halogens is 1. The highest BCUT2D eigenvalue weighted by Gasteiger charge is 2.51. The molecule has 1 aromatic rings. The maximum Gasteiger partial charge on any atom is 0.222 e. The van der Waals surface area contributed by atoms with Crippen molar-refractivity contribution >= 4 is 17.5 Å². The Kier molecular flexibility index (Phi) is 3.48. The van der Waals surface area contributed by atoms with Gasteiger partial charge in [-0.3, -0.25) is 9.48 Å². The molecule has 4 fully saturated rings. The lowest BCUT2D eigenvalue weighted by Gasteiger charge is -2.56. The van der Waals surface area contributed by atoms with Gasteiger partial charge in [0.1, 0.15) is 0 Å². The van der Waals surface area contributed by atoms with Crippen LogP contribution < -0.4 is 5.32 Å². The SMILES string of the molecule is Cc1nn(CCC(=O)NC23CC4CC(CC(C4)C2)C3)cc1Cl. The highest BCUT2D eigenvalue weighted by Crippen LogP contribution is 2.55. The summed E-state index contributed by atoms with van der Waals surface area (Å²) in [4.78, 5) is 12.4. The van der Waals surface area contributed by atoms with Crippen molar-refractivity contribution in [3.8, 4) is 0 Å². The second kappa shape index (κ2) is 5.26. The summed E-state index contributed by atoms with van der Waals surface area (Å²) in [6.45, 7) is 2.49. The number of rotatable bonds is 4. The predicted molar refractivity (Wildman–Crippen MR) is 85.6 cm³/mol. The van der Waals surface area contributed by atoms with Crippen LogP contribution in [0.2, 0.25) is 5.02 Å². The molecule has 5 heteroatoms. The number of aromatic nitrogens is 2. The molecule has 0 radical (unpaired) electrons. The molecule has 0 aliphatic heterocycles. The first kappa shape index (κ1) is 14.6. The summed E-state index contributed by atoms with van der Waals surface area (Å²) < 4.78 is 1.77. The van der Waals surface area contributed by atoms with E-state index < -0.39 is 0 Å². The fourth-order valence-electron chi connectivity index (χ4n) is 5.45. The number of aryl methyl sites for hydroxylation is 2. The van der Waals surface area contributed by atoms with Gasteiger partial charge in [0.05, 0.1) is 10.7 Å². The van der Waals surface area contributed by atoms with Gasteiger partial charge in [-0.25, -0.2) is 0 Å². The molecule has 5 rings (SSSR count). The highest BCUT2D eigenvalue weighted by atomic mass is 35.5. The minimum atomic E-state index is 0.115. The van der Waals surface area contributed by atoms with E-state index in [-0.39, 0.29) is 11.4 Å². The molecule has 4 aliphatic rings. The number of amides is 1. The summed E-state index contributed by atoms with van der Waals surface area (Å²) in [6.07, 6.45) is 10.1. The Labute approximate surface area is 136 Å². The number of carbonyl (C=O) groups excluding carboxylic acids is 1. The van der Waals surface area contributed by atoms with Crippen LogP contribution in [-0.2, 0) is 11.3 Å². The molecule has 1 heterocycles. The minimum Gasteiger partial charge on any atom is -0.351 e. The van der Waals surface area contributed by atoms with E-state index in [1.165, 1.54) is 38.5 Å². The molecule has 0 aromatic carbocycles. The number of hydrogen-bond donors (Lipinski definition) is 1. The molecule has 22 heavy (non-hydrogen) atoms. The maximum absolute atomic E-state index is 12.4. The van der Waals surface area contributed by atoms with Crippen molar-refractivity contribution in [3.05, 3.63) is 16.9 Å². The van der Waals surface area contributed by atoms with Crippen molar-refractivity contribution < 1.29 is 4.79 Å². The smallest absolute Gasteiger partial charge is 0.222 e. The Morgan fingerprint density at radius 1 is 1.32 bits per heavy atom. The average Bonchev–Trinajstić information content (AvgIpc) is 2.73. The van der Waals surface area contributed by atoms with Crippen LogP contribution in [0.5, 0.6) is 0 Å². The van der Waals surface area contributed by atoms with Gasteiger partial charge in [0.25, 0.3) is 0 Å². The summed E-state index contributed by atoms with van der Waals surface area (Å²) in [5.74, 6) is 2.75. The van der Waals surface area contributed by atoms with Crippen LogP contribution in [0.1, 0.15) is 50.6 Å². The molecule has 1 amide bonds. The molecule has 120 valence electrons. The summed E-state index contributed by atoms with van der Waals surface area (Å²) in [7, 11) is 0. The standard InChI is InChI=1S/C17H24ClN3O/c1-11-15(18)10-21(20-11)3-2-16(22)19-17-7-12-4-13(8-17)6-14(5-12)9-17/h10,12-14H,2-9H2,1H3,(H,19,22). The van der Waals surface area contributed by atoms with Crippen LogP contribution in [0.4, 0.5) is 0 Å². The van der Waals surface area contributed by atoms with Crippen LogP contribution in [-0.4, -0.2) is 21.2 Å². The molecule has 0 spiro atoms. The van der Waals surface area contributed by atoms with Crippen molar-refractivity contribution in [3.63, 3.8) is 0 Å². The summed E-state index contributed by atoms with van der Waals surface area (Å²) in [5.41, 5.74) is 0.937. The number of hydrogen-bond acceptors (Lipinski definition) is 2. The molecule has 4 nitrogen and oxygen atoms in total. The first-order valence-electron chi connectivity index (χ1n) is 8.52. The fourth-order valence-corrected chi connectivity index (χ4v) is 5.60. The minimum absolute atomic E-state index is 0.115. The largest absolute Gasteiger partial charge is 0.351 e. The molecule has 1 N–H and O–H groups in total. The third-order valence-corrected chi connectivity index (χ3v) is 6.27. The molecule has 0 saturated heterocycles. The molecule has 4 aliphatic carbocycles. The Morgan fingerprint density at radius 2 is 1.91 bits per heavy atom. The van der Waals surface area contributed by atoms with Crippen molar-refractivity contribution in [1.29, 1.82) is 0 Å². The van der Waals surface area contributed by atoms with Crippen molar-refractivity contribution in [2.75, 3.05) is 0 Å². The van der Waals surface area contributed by atoms with Crippen LogP contribution in [0.25, 0.3) is 0 Å². The van der Waals surface area contributed by atoms with Crippen LogP contribution in [0.15, 0.2) is 6.20 Å². The van der Waals surface area contributed by atoms with Gasteiger partial charge in [-0.15, -0.1) is 0 Å². The van der Waals surface area contributed by atoms with Gasteiger partial charge in [0.15, 0.2) is 0 Å². The maximum atomic E-state index is 12.4. The van der Waals surface area contributed by atoms with E-state index in [2.05, 4.69) is 10.4 Å². The third-order valence-electron chi connectivity index (χ3n) is 5.90. The molecule has 1 aromatic heterocycles. The van der Waals surface area contributed by atoms with E-state index in [1.807, 2.05) is 6.92 Å². The zero-order chi connectivity index (χ0) is 15.3. The number of nitrogens with one attached hydrogen (secondary N) is 1. The monoisotopic (exact) mass is 321 g/mol. The lowest BCUT2D eigenvalue weighted by molar-refractivity contribution is -0.127. The second-order valence-corrected chi connectivity index (χ2v) is 8.23. The van der Waals surface area contributed by atoms with Crippen LogP contribution >= 0.6 is 11.6 Å². The van der Waals surface area contributed by atoms with E-state index >= 15 is 0 Å². The highest BCUT2D eigenvalue weighted by molar-refractivity contribution is 6.31. The first-order valence-corrected chi connectivity index (χ1v) is 8.90. The zero-order valence-electron chi connectivity index (χ0n) is 13.1. The lowest BCUT2D eigenvalue weighted by Crippen LogP contribution is -2.59. The Hall–Kier alpha value is -1.03. The van der Waals surface area contributed by atoms with E-state index in [9.17, 15) is 4.79 Å². The van der Waals surface area contributed by atoms with Gasteiger partial charge >= 0.3 is 0 Å². The van der Waals surface area contributed by atoms with Crippen molar-refractivity contribution in [2.45, 2.75) is 64.0 Å². The van der Waals surface area contributed by atoms with Gasteiger partial charge in [-0.2, -0.15) is 5.10 Å². The normalized spacial score (nSPS) is 35.8. The molecule has 0 atom stereocenters. The zero-order valence-corrected chi connectivity index (χ0v) is 13.9. The third kappa shape index (κ3) is 2.66. The van der Waals surface area contributed by atoms with Crippen LogP contribution in [0.3, 0.4) is 0 Å². The summed E-state index contributed by atoms with van der Waals surface area (Å²) in [5, 5.41) is 8.38. The van der Waals surface area contributed by atoms with E-state index in [1.54, 1.807) is 10.9 Å². The number of nitrogens with zero attached hydrogens (tertiary/aromatic N) is 2. The van der Waals surface area contributed by atoms with Gasteiger partial charge in [0.2, 0.25) is 5.91 Å². The quantitative estimate of drug-likeness (QED) is 0.924. The number of carbonyl (C=O) groups is 1. The topological polar surface area (TPSA) is 46.9 Å². The first-order chi connectivity index (χ1) is 10.5. The molecule has 4 saturated carbocycles. The lowest BCUT2D eigenvalue weighted by atomic mass is 9.53. The van der Waals surface area contributed by atoms with Crippen molar-refractivity contribution in [2.24, 2.45) is 17.8 Å². The summed E-state index contributed by atoms with van der Waals surface area (Å²) >= 11 is 6.01. The molecule has 0 unspecified atom stereocenters. The average molecular weight is 322 g/mol. The van der Waals surface area contributed by atoms with Gasteiger partial charge in [0, 0.05) is 24.7 Å². The van der Waals surface area contributed by atoms with E-state index in [4.69, 9.17) is 11.6 Å². The van der Waals surface area contributed by atoms with Gasteiger partial charge < -0.3 is 5.32 Å². The van der Waals surface area contributed by atoms with E-state index in [0.717, 1.165) is 23.4 Å².